The highest BCUT2D eigenvalue weighted by atomic mass is 32.2. The highest BCUT2D eigenvalue weighted by Crippen LogP contribution is 2.30. The molecule has 0 bridgehead atoms. The van der Waals surface area contributed by atoms with Crippen LogP contribution in [0.5, 0.6) is 0 Å². The van der Waals surface area contributed by atoms with Crippen molar-refractivity contribution < 1.29 is 14.1 Å². The number of nitro benzene ring substituents is 1. The van der Waals surface area contributed by atoms with Crippen molar-refractivity contribution in [1.29, 1.82) is 0 Å². The van der Waals surface area contributed by atoms with Crippen LogP contribution in [0.3, 0.4) is 0 Å². The quantitative estimate of drug-likeness (QED) is 0.365. The lowest BCUT2D eigenvalue weighted by molar-refractivity contribution is -0.384. The Morgan fingerprint density at radius 1 is 1.31 bits per heavy atom. The molecule has 26 heavy (non-hydrogen) atoms. The summed E-state index contributed by atoms with van der Waals surface area (Å²) in [5, 5.41) is 30.5. The Morgan fingerprint density at radius 3 is 2.85 bits per heavy atom. The number of anilines is 1. The molecule has 0 aliphatic rings. The van der Waals surface area contributed by atoms with E-state index in [0.717, 1.165) is 23.2 Å². The van der Waals surface area contributed by atoms with Crippen molar-refractivity contribution in [3.05, 3.63) is 39.4 Å². The molecule has 12 heteroatoms. The predicted molar refractivity (Wildman–Crippen MR) is 95.0 cm³/mol. The molecule has 1 aromatic carbocycles. The zero-order chi connectivity index (χ0) is 18.5. The molecular formula is C14H12N6O4S2. The molecule has 134 valence electrons. The second kappa shape index (κ2) is 8.01. The first-order chi connectivity index (χ1) is 12.6. The summed E-state index contributed by atoms with van der Waals surface area (Å²) in [4.78, 5) is 22.5. The molecule has 3 rings (SSSR count). The molecule has 3 aromatic rings. The lowest BCUT2D eigenvalue weighted by Crippen LogP contribution is -2.13. The van der Waals surface area contributed by atoms with Gasteiger partial charge in [0.05, 0.1) is 10.7 Å². The Hall–Kier alpha value is -2.86. The van der Waals surface area contributed by atoms with Crippen LogP contribution in [0.1, 0.15) is 11.9 Å². The maximum absolute atomic E-state index is 11.9. The highest BCUT2D eigenvalue weighted by molar-refractivity contribution is 7.99. The van der Waals surface area contributed by atoms with Crippen LogP contribution in [0.2, 0.25) is 0 Å². The molecule has 0 aliphatic carbocycles. The van der Waals surface area contributed by atoms with Crippen molar-refractivity contribution in [1.82, 2.24) is 20.4 Å². The summed E-state index contributed by atoms with van der Waals surface area (Å²) in [5.74, 6) is -0.240. The van der Waals surface area contributed by atoms with E-state index in [9.17, 15) is 14.9 Å². The fraction of sp³-hybridized carbons (Fsp3) is 0.214. The standard InChI is InChI=1S/C14H12N6O4S2/c1-2-11-16-18-13(26-11)15-10(21)7-25-14-19-17-12(24-14)8-5-3-4-6-9(8)20(22)23/h3-6H,2,7H2,1H3,(H,15,18,21). The molecule has 0 fully saturated rings. The number of carbonyl (C=O) groups is 1. The second-order valence-electron chi connectivity index (χ2n) is 4.84. The summed E-state index contributed by atoms with van der Waals surface area (Å²) in [5.41, 5.74) is 0.0932. The van der Waals surface area contributed by atoms with E-state index in [1.807, 2.05) is 6.92 Å². The van der Waals surface area contributed by atoms with Gasteiger partial charge in [-0.25, -0.2) is 0 Å². The Morgan fingerprint density at radius 2 is 2.12 bits per heavy atom. The minimum absolute atomic E-state index is 0.0249. The van der Waals surface area contributed by atoms with Gasteiger partial charge in [-0.3, -0.25) is 20.2 Å². The lowest BCUT2D eigenvalue weighted by Gasteiger charge is -1.98. The van der Waals surface area contributed by atoms with Crippen LogP contribution in [0, 0.1) is 10.1 Å². The molecule has 0 atom stereocenters. The van der Waals surface area contributed by atoms with Crippen LogP contribution in [0.25, 0.3) is 11.5 Å². The Kier molecular flexibility index (Phi) is 5.53. The van der Waals surface area contributed by atoms with Crippen molar-refractivity contribution >= 4 is 39.8 Å². The molecule has 0 saturated carbocycles. The number of thioether (sulfide) groups is 1. The number of aromatic nitrogens is 4. The van der Waals surface area contributed by atoms with Crippen LogP contribution in [0.4, 0.5) is 10.8 Å². The van der Waals surface area contributed by atoms with Gasteiger partial charge in [0.1, 0.15) is 10.6 Å². The normalized spacial score (nSPS) is 10.7. The van der Waals surface area contributed by atoms with E-state index in [-0.39, 0.29) is 34.0 Å². The van der Waals surface area contributed by atoms with E-state index in [0.29, 0.717) is 5.13 Å². The van der Waals surface area contributed by atoms with Gasteiger partial charge in [-0.2, -0.15) is 0 Å². The molecule has 2 heterocycles. The molecule has 1 N–H and O–H groups in total. The number of rotatable bonds is 7. The maximum Gasteiger partial charge on any atom is 0.282 e. The average Bonchev–Trinajstić information content (AvgIpc) is 3.29. The van der Waals surface area contributed by atoms with Gasteiger partial charge in [0, 0.05) is 6.07 Å². The van der Waals surface area contributed by atoms with E-state index in [1.165, 1.54) is 23.5 Å². The SMILES string of the molecule is CCc1nnc(NC(=O)CSc2nnc(-c3ccccc3[N+](=O)[O-])o2)s1. The molecule has 10 nitrogen and oxygen atoms in total. The first kappa shape index (κ1) is 17.9. The predicted octanol–water partition coefficient (Wildman–Crippen LogP) is 2.79. The fourth-order valence-corrected chi connectivity index (χ4v) is 3.18. The third-order valence-corrected chi connectivity index (χ3v) is 4.88. The summed E-state index contributed by atoms with van der Waals surface area (Å²) in [6.07, 6.45) is 0.749. The maximum atomic E-state index is 11.9. The number of nitro groups is 1. The molecular weight excluding hydrogens is 380 g/mol. The second-order valence-corrected chi connectivity index (χ2v) is 6.83. The number of aryl methyl sites for hydroxylation is 1. The van der Waals surface area contributed by atoms with Crippen molar-refractivity contribution in [2.24, 2.45) is 0 Å². The minimum Gasteiger partial charge on any atom is -0.411 e. The zero-order valence-electron chi connectivity index (χ0n) is 13.4. The summed E-state index contributed by atoms with van der Waals surface area (Å²) in [6, 6.07) is 6.06. The molecule has 0 spiro atoms. The summed E-state index contributed by atoms with van der Waals surface area (Å²) in [6.45, 7) is 1.95. The van der Waals surface area contributed by atoms with Crippen molar-refractivity contribution in [2.45, 2.75) is 18.6 Å². The summed E-state index contributed by atoms with van der Waals surface area (Å²) < 4.78 is 5.41. The first-order valence-electron chi connectivity index (χ1n) is 7.39. The van der Waals surface area contributed by atoms with Crippen LogP contribution < -0.4 is 5.32 Å². The number of nitrogens with zero attached hydrogens (tertiary/aromatic N) is 5. The minimum atomic E-state index is -0.521. The molecule has 0 aliphatic heterocycles. The van der Waals surface area contributed by atoms with E-state index >= 15 is 0 Å². The van der Waals surface area contributed by atoms with Crippen LogP contribution in [-0.4, -0.2) is 37.0 Å². The zero-order valence-corrected chi connectivity index (χ0v) is 15.0. The van der Waals surface area contributed by atoms with Crippen molar-refractivity contribution in [3.63, 3.8) is 0 Å². The number of hydrogen-bond donors (Lipinski definition) is 1. The molecule has 0 unspecified atom stereocenters. The third-order valence-electron chi connectivity index (χ3n) is 3.08. The number of nitrogens with one attached hydrogen (secondary N) is 1. The van der Waals surface area contributed by atoms with Gasteiger partial charge in [-0.05, 0) is 12.5 Å². The molecule has 0 radical (unpaired) electrons. The molecule has 2 aromatic heterocycles. The largest absolute Gasteiger partial charge is 0.411 e. The van der Waals surface area contributed by atoms with E-state index < -0.39 is 4.92 Å². The number of carbonyl (C=O) groups excluding carboxylic acids is 1. The van der Waals surface area contributed by atoms with E-state index in [2.05, 4.69) is 25.7 Å². The van der Waals surface area contributed by atoms with Gasteiger partial charge in [0.2, 0.25) is 11.0 Å². The van der Waals surface area contributed by atoms with Crippen LogP contribution >= 0.6 is 23.1 Å². The lowest BCUT2D eigenvalue weighted by atomic mass is 10.2. The molecule has 0 saturated heterocycles. The number of amides is 1. The van der Waals surface area contributed by atoms with Gasteiger partial charge in [-0.1, -0.05) is 42.2 Å². The van der Waals surface area contributed by atoms with Gasteiger partial charge in [0.25, 0.3) is 16.8 Å². The highest BCUT2D eigenvalue weighted by Gasteiger charge is 2.20. The van der Waals surface area contributed by atoms with Crippen LogP contribution in [0.15, 0.2) is 33.9 Å². The Labute approximate surface area is 155 Å². The van der Waals surface area contributed by atoms with Crippen molar-refractivity contribution in [2.75, 3.05) is 11.1 Å². The Bertz CT molecular complexity index is 941. The number of hydrogen-bond acceptors (Lipinski definition) is 10. The smallest absolute Gasteiger partial charge is 0.282 e. The van der Waals surface area contributed by atoms with Gasteiger partial charge >= 0.3 is 0 Å². The van der Waals surface area contributed by atoms with E-state index in [4.69, 9.17) is 4.42 Å². The number of para-hydroxylation sites is 1. The van der Waals surface area contributed by atoms with E-state index in [1.54, 1.807) is 12.1 Å². The van der Waals surface area contributed by atoms with Gasteiger partial charge in [0.15, 0.2) is 0 Å². The van der Waals surface area contributed by atoms with Crippen molar-refractivity contribution in [3.8, 4) is 11.5 Å². The fourth-order valence-electron chi connectivity index (χ4n) is 1.92. The third kappa shape index (κ3) is 4.21. The van der Waals surface area contributed by atoms with Gasteiger partial charge in [-0.15, -0.1) is 20.4 Å². The topological polar surface area (TPSA) is 137 Å². The van der Waals surface area contributed by atoms with Crippen LogP contribution in [-0.2, 0) is 11.2 Å². The summed E-state index contributed by atoms with van der Waals surface area (Å²) >= 11 is 2.33. The summed E-state index contributed by atoms with van der Waals surface area (Å²) in [7, 11) is 0. The first-order valence-corrected chi connectivity index (χ1v) is 9.19. The number of benzene rings is 1. The Balaban J connectivity index is 1.62. The molecule has 1 amide bonds. The van der Waals surface area contributed by atoms with Gasteiger partial charge < -0.3 is 4.42 Å². The monoisotopic (exact) mass is 392 g/mol. The average molecular weight is 392 g/mol.